The zero-order valence-electron chi connectivity index (χ0n) is 15.0. The van der Waals surface area contributed by atoms with Gasteiger partial charge >= 0.3 is 11.9 Å². The zero-order chi connectivity index (χ0) is 21.1. The van der Waals surface area contributed by atoms with Gasteiger partial charge in [-0.2, -0.15) is 23.5 Å². The topological polar surface area (TPSA) is 155 Å². The van der Waals surface area contributed by atoms with Crippen LogP contribution in [0.2, 0.25) is 0 Å². The second-order valence-electron chi connectivity index (χ2n) is 5.80. The quantitative estimate of drug-likeness (QED) is 0.384. The van der Waals surface area contributed by atoms with Gasteiger partial charge in [0, 0.05) is 11.1 Å². The van der Waals surface area contributed by atoms with Gasteiger partial charge in [-0.15, -0.1) is 0 Å². The molecule has 0 aliphatic rings. The smallest absolute Gasteiger partial charge is 0.313 e. The molecule has 1 aromatic carbocycles. The zero-order valence-corrected chi connectivity index (χ0v) is 16.6. The largest absolute Gasteiger partial charge is 0.545 e. The van der Waals surface area contributed by atoms with Crippen molar-refractivity contribution in [2.45, 2.75) is 25.7 Å². The highest BCUT2D eigenvalue weighted by atomic mass is 32.2. The van der Waals surface area contributed by atoms with E-state index in [1.807, 2.05) is 0 Å². The Hall–Kier alpha value is -2.20. The molecule has 0 saturated carbocycles. The fourth-order valence-electron chi connectivity index (χ4n) is 2.65. The van der Waals surface area contributed by atoms with Crippen molar-refractivity contribution in [1.82, 2.24) is 0 Å². The minimum absolute atomic E-state index is 0.0262. The summed E-state index contributed by atoms with van der Waals surface area (Å²) in [4.78, 5) is 43.9. The minimum Gasteiger partial charge on any atom is -0.545 e. The lowest BCUT2D eigenvalue weighted by Crippen LogP contribution is -2.31. The van der Waals surface area contributed by atoms with E-state index in [1.165, 1.54) is 29.6 Å². The Morgan fingerprint density at radius 3 is 1.82 bits per heavy atom. The molecule has 0 atom stereocenters. The van der Waals surface area contributed by atoms with Crippen LogP contribution in [0.4, 0.5) is 0 Å². The average molecular weight is 428 g/mol. The van der Waals surface area contributed by atoms with Gasteiger partial charge in [0.1, 0.15) is 0 Å². The first-order valence-electron chi connectivity index (χ1n) is 8.40. The Morgan fingerprint density at radius 1 is 0.821 bits per heavy atom. The Morgan fingerprint density at radius 2 is 1.36 bits per heavy atom. The first-order chi connectivity index (χ1) is 13.2. The number of carbonyl (C=O) groups excluding carboxylic acids is 2. The Balaban J connectivity index is 2.94. The third-order valence-corrected chi connectivity index (χ3v) is 5.79. The molecular formula is C18H20O8S2-2. The molecule has 0 aliphatic heterocycles. The summed E-state index contributed by atoms with van der Waals surface area (Å²) in [6, 6.07) is 2.72. The van der Waals surface area contributed by atoms with E-state index < -0.39 is 35.0 Å². The van der Waals surface area contributed by atoms with Crippen LogP contribution >= 0.6 is 23.5 Å². The van der Waals surface area contributed by atoms with Crippen LogP contribution in [0.3, 0.4) is 0 Å². The van der Waals surface area contributed by atoms with Gasteiger partial charge in [-0.25, -0.2) is 0 Å². The maximum atomic E-state index is 11.6. The second kappa shape index (κ2) is 12.3. The van der Waals surface area contributed by atoms with Gasteiger partial charge in [0.25, 0.3) is 0 Å². The van der Waals surface area contributed by atoms with E-state index in [4.69, 9.17) is 10.2 Å². The number of aliphatic carboxylic acids is 2. The third-order valence-electron chi connectivity index (χ3n) is 3.74. The van der Waals surface area contributed by atoms with E-state index in [-0.39, 0.29) is 17.9 Å². The molecule has 1 aromatic rings. The lowest BCUT2D eigenvalue weighted by atomic mass is 9.91. The summed E-state index contributed by atoms with van der Waals surface area (Å²) in [5, 5.41) is 40.1. The average Bonchev–Trinajstić information content (AvgIpc) is 2.60. The van der Waals surface area contributed by atoms with Crippen LogP contribution in [-0.4, -0.2) is 57.1 Å². The SMILES string of the molecule is O=C(O)CSCCCc1ccc(C(=O)[O-])c(C(=O)[O-])c1CCCSCC(=O)O. The fraction of sp³-hybridized carbons (Fsp3) is 0.444. The summed E-state index contributed by atoms with van der Waals surface area (Å²) < 4.78 is 0. The van der Waals surface area contributed by atoms with Crippen LogP contribution in [0.1, 0.15) is 44.7 Å². The van der Waals surface area contributed by atoms with Crippen molar-refractivity contribution in [1.29, 1.82) is 0 Å². The molecule has 1 rings (SSSR count). The van der Waals surface area contributed by atoms with Crippen molar-refractivity contribution in [3.8, 4) is 0 Å². The highest BCUT2D eigenvalue weighted by Gasteiger charge is 2.15. The van der Waals surface area contributed by atoms with Crippen LogP contribution in [0, 0.1) is 0 Å². The molecule has 0 fully saturated rings. The molecule has 0 aliphatic carbocycles. The number of aryl methyl sites for hydroxylation is 1. The minimum atomic E-state index is -1.61. The monoisotopic (exact) mass is 428 g/mol. The highest BCUT2D eigenvalue weighted by molar-refractivity contribution is 8.00. The molecule has 28 heavy (non-hydrogen) atoms. The number of thioether (sulfide) groups is 2. The van der Waals surface area contributed by atoms with Crippen LogP contribution in [0.5, 0.6) is 0 Å². The summed E-state index contributed by atoms with van der Waals surface area (Å²) in [6.07, 6.45) is 1.78. The Kier molecular flexibility index (Phi) is 10.5. The van der Waals surface area contributed by atoms with E-state index in [1.54, 1.807) is 6.07 Å². The molecule has 0 unspecified atom stereocenters. The van der Waals surface area contributed by atoms with Crippen molar-refractivity contribution < 1.29 is 39.6 Å². The molecule has 2 N–H and O–H groups in total. The summed E-state index contributed by atoms with van der Waals surface area (Å²) in [6.45, 7) is 0. The summed E-state index contributed by atoms with van der Waals surface area (Å²) in [7, 11) is 0. The van der Waals surface area contributed by atoms with E-state index in [2.05, 4.69) is 0 Å². The van der Waals surface area contributed by atoms with E-state index in [0.717, 1.165) is 0 Å². The molecule has 0 bridgehead atoms. The number of carboxylic acid groups (broad SMARTS) is 4. The van der Waals surface area contributed by atoms with Gasteiger partial charge in [0.15, 0.2) is 0 Å². The van der Waals surface area contributed by atoms with Gasteiger partial charge in [-0.05, 0) is 48.3 Å². The van der Waals surface area contributed by atoms with Crippen LogP contribution in [-0.2, 0) is 22.4 Å². The number of hydrogen-bond donors (Lipinski definition) is 2. The fourth-order valence-corrected chi connectivity index (χ4v) is 3.98. The molecule has 0 aromatic heterocycles. The standard InChI is InChI=1S/C18H22O8S2/c19-14(20)9-27-7-1-3-11-5-6-13(17(23)24)16(18(25)26)12(11)4-2-8-28-10-15(21)22/h5-6H,1-4,7-10H2,(H,19,20)(H,21,22)(H,23,24)(H,25,26)/p-2. The molecule has 0 heterocycles. The van der Waals surface area contributed by atoms with Crippen molar-refractivity contribution in [2.24, 2.45) is 0 Å². The lowest BCUT2D eigenvalue weighted by molar-refractivity contribution is -0.259. The molecule has 0 amide bonds. The second-order valence-corrected chi connectivity index (χ2v) is 8.01. The normalized spacial score (nSPS) is 10.6. The summed E-state index contributed by atoms with van der Waals surface area (Å²) >= 11 is 2.43. The van der Waals surface area contributed by atoms with Gasteiger partial charge in [-0.1, -0.05) is 12.1 Å². The van der Waals surface area contributed by atoms with E-state index >= 15 is 0 Å². The van der Waals surface area contributed by atoms with Crippen molar-refractivity contribution >= 4 is 47.4 Å². The van der Waals surface area contributed by atoms with Crippen LogP contribution < -0.4 is 10.2 Å². The molecule has 0 radical (unpaired) electrons. The van der Waals surface area contributed by atoms with E-state index in [9.17, 15) is 29.4 Å². The third kappa shape index (κ3) is 8.22. The molecule has 0 spiro atoms. The van der Waals surface area contributed by atoms with Crippen LogP contribution in [0.25, 0.3) is 0 Å². The first-order valence-corrected chi connectivity index (χ1v) is 10.7. The molecule has 8 nitrogen and oxygen atoms in total. The first kappa shape index (κ1) is 23.8. The maximum Gasteiger partial charge on any atom is 0.313 e. The number of rotatable bonds is 14. The predicted octanol–water partition coefficient (Wildman–Crippen LogP) is -0.0856. The summed E-state index contributed by atoms with van der Waals surface area (Å²) in [5.41, 5.74) is 0.153. The molecule has 154 valence electrons. The van der Waals surface area contributed by atoms with Crippen molar-refractivity contribution in [3.05, 3.63) is 34.4 Å². The predicted molar refractivity (Wildman–Crippen MR) is 102 cm³/mol. The number of carboxylic acids is 4. The lowest BCUT2D eigenvalue weighted by Gasteiger charge is -2.20. The molecular weight excluding hydrogens is 408 g/mol. The Labute approximate surface area is 170 Å². The van der Waals surface area contributed by atoms with Crippen molar-refractivity contribution in [3.63, 3.8) is 0 Å². The Bertz CT molecular complexity index is 733. The van der Waals surface area contributed by atoms with E-state index in [0.29, 0.717) is 41.9 Å². The number of hydrogen-bond acceptors (Lipinski definition) is 8. The van der Waals surface area contributed by atoms with Gasteiger partial charge in [0.2, 0.25) is 0 Å². The van der Waals surface area contributed by atoms with Gasteiger partial charge in [0.05, 0.1) is 23.4 Å². The molecule has 0 saturated heterocycles. The maximum absolute atomic E-state index is 11.6. The summed E-state index contributed by atoms with van der Waals surface area (Å²) in [5.74, 6) is -4.13. The van der Waals surface area contributed by atoms with Gasteiger partial charge in [-0.3, -0.25) is 9.59 Å². The van der Waals surface area contributed by atoms with Crippen LogP contribution in [0.15, 0.2) is 12.1 Å². The number of benzene rings is 1. The highest BCUT2D eigenvalue weighted by Crippen LogP contribution is 2.23. The van der Waals surface area contributed by atoms with Crippen molar-refractivity contribution in [2.75, 3.05) is 23.0 Å². The number of aromatic carboxylic acids is 2. The number of carbonyl (C=O) groups is 4. The molecule has 10 heteroatoms. The van der Waals surface area contributed by atoms with Gasteiger partial charge < -0.3 is 30.0 Å².